The van der Waals surface area contributed by atoms with Crippen molar-refractivity contribution in [1.29, 1.82) is 0 Å². The van der Waals surface area contributed by atoms with Crippen LogP contribution in [0.5, 0.6) is 0 Å². The van der Waals surface area contributed by atoms with Gasteiger partial charge in [-0.05, 0) is 0 Å². The van der Waals surface area contributed by atoms with Crippen LogP contribution in [0.15, 0.2) is 0 Å². The summed E-state index contributed by atoms with van der Waals surface area (Å²) >= 11 is 0. The Balaban J connectivity index is -0.000000000556. The van der Waals surface area contributed by atoms with Gasteiger partial charge in [-0.1, -0.05) is 0 Å². The highest BCUT2D eigenvalue weighted by molar-refractivity contribution is 5.42. The van der Waals surface area contributed by atoms with Crippen LogP contribution in [-0.4, -0.2) is 55.7 Å². The standard InChI is InChI=1S/CH3NO.9H2O/c2-1-3;;;;;;;;;/h1H,(H2,2,3);9*1H2. The summed E-state index contributed by atoms with van der Waals surface area (Å²) in [7, 11) is 0. The van der Waals surface area contributed by atoms with Gasteiger partial charge < -0.3 is 55.0 Å². The molecule has 0 aromatic heterocycles. The fourth-order valence-electron chi connectivity index (χ4n) is 0. The summed E-state index contributed by atoms with van der Waals surface area (Å²) in [4.78, 5) is 8.58. The number of hydrogen-bond acceptors (Lipinski definition) is 1. The first-order chi connectivity index (χ1) is 1.41. The van der Waals surface area contributed by atoms with Crippen molar-refractivity contribution in [3.8, 4) is 0 Å². The number of rotatable bonds is 0. The van der Waals surface area contributed by atoms with E-state index < -0.39 is 0 Å². The number of carbonyl (C=O) groups excluding carboxylic acids is 1. The van der Waals surface area contributed by atoms with Crippen LogP contribution < -0.4 is 5.73 Å². The molecule has 0 fully saturated rings. The van der Waals surface area contributed by atoms with Gasteiger partial charge in [0.25, 0.3) is 0 Å². The molecule has 0 saturated carbocycles. The lowest BCUT2D eigenvalue weighted by atomic mass is 11.5. The van der Waals surface area contributed by atoms with Gasteiger partial charge in [0.15, 0.2) is 0 Å². The molecule has 0 rings (SSSR count). The smallest absolute Gasteiger partial charge is 0.204 e. The fraction of sp³-hybridized carbons (Fsp3) is 0. The molecule has 1 amide bonds. The van der Waals surface area contributed by atoms with Crippen molar-refractivity contribution >= 4 is 6.41 Å². The molecule has 0 saturated heterocycles. The van der Waals surface area contributed by atoms with Crippen LogP contribution in [0.4, 0.5) is 0 Å². The number of primary amides is 1. The van der Waals surface area contributed by atoms with Crippen molar-refractivity contribution in [2.45, 2.75) is 0 Å². The second kappa shape index (κ2) is 69300. The first kappa shape index (κ1) is 922. The molecule has 0 radical (unpaired) electrons. The molecule has 0 bridgehead atoms. The minimum absolute atomic E-state index is 0. The van der Waals surface area contributed by atoms with Crippen LogP contribution in [0.1, 0.15) is 0 Å². The Labute approximate surface area is 67.6 Å². The van der Waals surface area contributed by atoms with E-state index in [1.807, 2.05) is 0 Å². The van der Waals surface area contributed by atoms with Crippen molar-refractivity contribution in [1.82, 2.24) is 0 Å². The van der Waals surface area contributed by atoms with E-state index in [1.54, 1.807) is 0 Å². The highest BCUT2D eigenvalue weighted by Crippen LogP contribution is 0.798. The predicted molar refractivity (Wildman–Crippen MR) is 42.8 cm³/mol. The van der Waals surface area contributed by atoms with E-state index in [2.05, 4.69) is 5.73 Å². The summed E-state index contributed by atoms with van der Waals surface area (Å²) < 4.78 is 0. The van der Waals surface area contributed by atoms with Gasteiger partial charge in [-0.3, -0.25) is 4.79 Å². The topological polar surface area (TPSA) is 327 Å². The van der Waals surface area contributed by atoms with Gasteiger partial charge in [0, 0.05) is 0 Å². The minimum Gasteiger partial charge on any atom is -0.412 e. The van der Waals surface area contributed by atoms with Gasteiger partial charge in [-0.25, -0.2) is 0 Å². The van der Waals surface area contributed by atoms with E-state index in [9.17, 15) is 0 Å². The van der Waals surface area contributed by atoms with Gasteiger partial charge in [0.2, 0.25) is 6.41 Å². The number of carbonyl (C=O) groups is 1. The highest BCUT2D eigenvalue weighted by atomic mass is 16.1. The van der Waals surface area contributed by atoms with E-state index in [-0.39, 0.29) is 55.7 Å². The van der Waals surface area contributed by atoms with Crippen LogP contribution >= 0.6 is 0 Å². The fourth-order valence-corrected chi connectivity index (χ4v) is 0. The SMILES string of the molecule is NC=O.O.O.O.O.O.O.O.O.O. The zero-order chi connectivity index (χ0) is 2.71. The molecule has 20 N–H and O–H groups in total. The van der Waals surface area contributed by atoms with Crippen molar-refractivity contribution in [3.63, 3.8) is 0 Å². The molecule has 0 aromatic carbocycles. The number of hydrogen-bond donors (Lipinski definition) is 1. The summed E-state index contributed by atoms with van der Waals surface area (Å²) in [6.45, 7) is 0. The molecule has 0 aliphatic carbocycles. The third kappa shape index (κ3) is 756. The Morgan fingerprint density at radius 3 is 0.583 bits per heavy atom. The molecular weight excluding hydrogens is 186 g/mol. The molecule has 0 spiro atoms. The molecule has 0 unspecified atom stereocenters. The van der Waals surface area contributed by atoms with Gasteiger partial charge >= 0.3 is 0 Å². The molecular formula is CH21NO10. The molecule has 12 heavy (non-hydrogen) atoms. The van der Waals surface area contributed by atoms with E-state index in [0.29, 0.717) is 0 Å². The lowest BCUT2D eigenvalue weighted by Gasteiger charge is -1.32. The second-order valence-corrected chi connectivity index (χ2v) is 0.136. The summed E-state index contributed by atoms with van der Waals surface area (Å²) in [6, 6.07) is 0. The van der Waals surface area contributed by atoms with Crippen molar-refractivity contribution in [2.24, 2.45) is 5.73 Å². The molecule has 90 valence electrons. The summed E-state index contributed by atoms with van der Waals surface area (Å²) in [5.74, 6) is 0. The molecule has 0 aliphatic heterocycles. The minimum atomic E-state index is 0. The summed E-state index contributed by atoms with van der Waals surface area (Å²) in [6.07, 6.45) is 0.250. The highest BCUT2D eigenvalue weighted by Gasteiger charge is 1.19. The maximum atomic E-state index is 8.58. The third-order valence-electron chi connectivity index (χ3n) is 0. The third-order valence-corrected chi connectivity index (χ3v) is 0. The Morgan fingerprint density at radius 2 is 0.583 bits per heavy atom. The zero-order valence-electron chi connectivity index (χ0n) is 6.06. The Hall–Kier alpha value is -0.890. The van der Waals surface area contributed by atoms with Crippen LogP contribution in [0, 0.1) is 0 Å². The number of nitrogens with two attached hydrogens (primary N) is 1. The van der Waals surface area contributed by atoms with E-state index in [0.717, 1.165) is 0 Å². The molecule has 0 atom stereocenters. The average Bonchev–Trinajstić information content (AvgIpc) is 0.918. The van der Waals surface area contributed by atoms with Crippen LogP contribution in [0.25, 0.3) is 0 Å². The molecule has 11 heteroatoms. The summed E-state index contributed by atoms with van der Waals surface area (Å²) in [5, 5.41) is 0. The normalized spacial score (nSPS) is 1.00. The maximum Gasteiger partial charge on any atom is 0.204 e. The predicted octanol–water partition coefficient (Wildman–Crippen LogP) is -8.32. The molecule has 11 nitrogen and oxygen atoms in total. The van der Waals surface area contributed by atoms with Crippen molar-refractivity contribution in [3.05, 3.63) is 0 Å². The number of amides is 1. The van der Waals surface area contributed by atoms with Gasteiger partial charge in [-0.15, -0.1) is 0 Å². The second-order valence-electron chi connectivity index (χ2n) is 0.136. The zero-order valence-corrected chi connectivity index (χ0v) is 6.06. The average molecular weight is 207 g/mol. The van der Waals surface area contributed by atoms with Crippen LogP contribution in [-0.2, 0) is 4.79 Å². The van der Waals surface area contributed by atoms with Gasteiger partial charge in [0.1, 0.15) is 0 Å². The largest absolute Gasteiger partial charge is 0.412 e. The van der Waals surface area contributed by atoms with E-state index in [4.69, 9.17) is 4.79 Å². The first-order valence-electron chi connectivity index (χ1n) is 0.569. The quantitative estimate of drug-likeness (QED) is 0.371. The van der Waals surface area contributed by atoms with Crippen LogP contribution in [0.2, 0.25) is 0 Å². The Morgan fingerprint density at radius 1 is 0.583 bits per heavy atom. The van der Waals surface area contributed by atoms with Crippen molar-refractivity contribution in [2.75, 3.05) is 0 Å². The first-order valence-corrected chi connectivity index (χ1v) is 0.569. The molecule has 0 heterocycles. The van der Waals surface area contributed by atoms with Gasteiger partial charge in [0.05, 0.1) is 0 Å². The molecule has 0 aliphatic rings. The lowest BCUT2D eigenvalue weighted by Crippen LogP contribution is -1.82. The lowest BCUT2D eigenvalue weighted by molar-refractivity contribution is -0.106. The van der Waals surface area contributed by atoms with Crippen molar-refractivity contribution < 1.29 is 54.1 Å². The van der Waals surface area contributed by atoms with Gasteiger partial charge in [-0.2, -0.15) is 0 Å². The Kier molecular flexibility index (Phi) is 5330000. The Bertz CT molecular complexity index is 17.3. The maximum absolute atomic E-state index is 8.58. The molecule has 0 aromatic rings. The van der Waals surface area contributed by atoms with E-state index >= 15 is 0 Å². The van der Waals surface area contributed by atoms with Crippen LogP contribution in [0.3, 0.4) is 0 Å². The monoisotopic (exact) mass is 207 g/mol. The summed E-state index contributed by atoms with van der Waals surface area (Å²) in [5.41, 5.74) is 4.17. The van der Waals surface area contributed by atoms with E-state index in [1.165, 1.54) is 0 Å².